The van der Waals surface area contributed by atoms with Crippen molar-refractivity contribution >= 4 is 19.6 Å². The van der Waals surface area contributed by atoms with Gasteiger partial charge in [0, 0.05) is 0 Å². The Morgan fingerprint density at radius 3 is 1.62 bits per heavy atom. The molecule has 2 aromatic carbocycles. The molecule has 0 aliphatic heterocycles. The fourth-order valence-corrected chi connectivity index (χ4v) is 1.48. The molecule has 2 rings (SSSR count). The van der Waals surface area contributed by atoms with Gasteiger partial charge in [0.15, 0.2) is 0 Å². The predicted molar refractivity (Wildman–Crippen MR) is 69.4 cm³/mol. The first-order chi connectivity index (χ1) is 10.1. The van der Waals surface area contributed by atoms with Crippen molar-refractivity contribution in [3.8, 4) is 0 Å². The molecule has 0 bridgehead atoms. The first-order valence-electron chi connectivity index (χ1n) is 5.81. The molecule has 0 N–H and O–H groups in total. The van der Waals surface area contributed by atoms with E-state index in [9.17, 15) is 18.4 Å². The molecule has 0 heterocycles. The summed E-state index contributed by atoms with van der Waals surface area (Å²) in [6.45, 7) is 0. The van der Waals surface area contributed by atoms with Crippen molar-refractivity contribution in [2.75, 3.05) is 0 Å². The van der Waals surface area contributed by atoms with E-state index in [1.807, 2.05) is 0 Å². The quantitative estimate of drug-likeness (QED) is 0.811. The standard InChI is InChI=1S/C14H8BF2O4/c16-11-5-1-3-9(7-11)13(18)20-15-21-14(19)10-4-2-6-12(17)8-10/h1-8H. The summed E-state index contributed by atoms with van der Waals surface area (Å²) < 4.78 is 34.9. The monoisotopic (exact) mass is 289 g/mol. The van der Waals surface area contributed by atoms with Gasteiger partial charge in [-0.1, -0.05) is 12.1 Å². The van der Waals surface area contributed by atoms with Gasteiger partial charge in [-0.05, 0) is 36.4 Å². The molecular weight excluding hydrogens is 281 g/mol. The van der Waals surface area contributed by atoms with E-state index in [2.05, 4.69) is 9.31 Å². The van der Waals surface area contributed by atoms with Gasteiger partial charge in [0.05, 0.1) is 11.1 Å². The number of carbonyl (C=O) groups is 2. The smallest absolute Gasteiger partial charge is 0.496 e. The van der Waals surface area contributed by atoms with Crippen LogP contribution in [-0.2, 0) is 9.31 Å². The van der Waals surface area contributed by atoms with Crippen molar-refractivity contribution in [1.82, 2.24) is 0 Å². The zero-order valence-electron chi connectivity index (χ0n) is 10.6. The van der Waals surface area contributed by atoms with Crippen molar-refractivity contribution in [1.29, 1.82) is 0 Å². The Hall–Kier alpha value is -2.70. The molecule has 0 aliphatic carbocycles. The van der Waals surface area contributed by atoms with Crippen LogP contribution in [0, 0.1) is 11.6 Å². The Morgan fingerprint density at radius 1 is 0.810 bits per heavy atom. The van der Waals surface area contributed by atoms with E-state index in [0.29, 0.717) is 7.69 Å². The van der Waals surface area contributed by atoms with Crippen LogP contribution in [0.25, 0.3) is 0 Å². The molecule has 0 saturated carbocycles. The molecule has 21 heavy (non-hydrogen) atoms. The van der Waals surface area contributed by atoms with Crippen LogP contribution in [0.3, 0.4) is 0 Å². The van der Waals surface area contributed by atoms with E-state index in [1.165, 1.54) is 36.4 Å². The van der Waals surface area contributed by atoms with Crippen LogP contribution < -0.4 is 0 Å². The second kappa shape index (κ2) is 6.65. The first kappa shape index (κ1) is 14.7. The summed E-state index contributed by atoms with van der Waals surface area (Å²) in [6, 6.07) is 9.65. The average molecular weight is 289 g/mol. The Balaban J connectivity index is 1.87. The number of hydrogen-bond donors (Lipinski definition) is 0. The SMILES string of the molecule is O=C(O[B]OC(=O)c1cccc(F)c1)c1cccc(F)c1. The van der Waals surface area contributed by atoms with Crippen LogP contribution in [0.4, 0.5) is 8.78 Å². The van der Waals surface area contributed by atoms with Gasteiger partial charge in [-0.2, -0.15) is 0 Å². The van der Waals surface area contributed by atoms with Crippen molar-refractivity contribution in [2.45, 2.75) is 0 Å². The third-order valence-electron chi connectivity index (χ3n) is 2.43. The number of carbonyl (C=O) groups excluding carboxylic acids is 2. The molecular formula is C14H8BF2O4. The van der Waals surface area contributed by atoms with Gasteiger partial charge < -0.3 is 9.31 Å². The molecule has 0 aromatic heterocycles. The molecule has 0 fully saturated rings. The summed E-state index contributed by atoms with van der Waals surface area (Å²) >= 11 is 0. The van der Waals surface area contributed by atoms with E-state index >= 15 is 0 Å². The summed E-state index contributed by atoms with van der Waals surface area (Å²) in [7, 11) is 0.514. The minimum Gasteiger partial charge on any atom is -0.496 e. The van der Waals surface area contributed by atoms with Gasteiger partial charge in [0.1, 0.15) is 11.6 Å². The maximum absolute atomic E-state index is 12.9. The van der Waals surface area contributed by atoms with Gasteiger partial charge in [0.2, 0.25) is 0 Å². The molecule has 0 saturated heterocycles. The molecule has 105 valence electrons. The van der Waals surface area contributed by atoms with E-state index < -0.39 is 23.6 Å². The Bertz CT molecular complexity index is 618. The maximum Gasteiger partial charge on any atom is 0.662 e. The van der Waals surface area contributed by atoms with Gasteiger partial charge in [-0.15, -0.1) is 0 Å². The minimum absolute atomic E-state index is 0.0342. The van der Waals surface area contributed by atoms with Gasteiger partial charge in [0.25, 0.3) is 0 Å². The van der Waals surface area contributed by atoms with E-state index in [0.717, 1.165) is 12.1 Å². The highest BCUT2D eigenvalue weighted by Gasteiger charge is 2.14. The Labute approximate surface area is 119 Å². The molecule has 1 radical (unpaired) electrons. The van der Waals surface area contributed by atoms with Gasteiger partial charge in [-0.3, -0.25) is 0 Å². The third kappa shape index (κ3) is 4.14. The molecule has 7 heteroatoms. The van der Waals surface area contributed by atoms with Crippen molar-refractivity contribution < 1.29 is 27.7 Å². The van der Waals surface area contributed by atoms with Crippen molar-refractivity contribution in [3.05, 3.63) is 71.3 Å². The molecule has 0 aliphatic rings. The second-order valence-corrected chi connectivity index (χ2v) is 3.93. The topological polar surface area (TPSA) is 52.6 Å². The highest BCUT2D eigenvalue weighted by Crippen LogP contribution is 2.07. The van der Waals surface area contributed by atoms with E-state index in [4.69, 9.17) is 0 Å². The van der Waals surface area contributed by atoms with Crippen LogP contribution in [0.2, 0.25) is 0 Å². The molecule has 0 spiro atoms. The largest absolute Gasteiger partial charge is 0.662 e. The molecule has 0 unspecified atom stereocenters. The van der Waals surface area contributed by atoms with Crippen molar-refractivity contribution in [2.24, 2.45) is 0 Å². The maximum atomic E-state index is 12.9. The highest BCUT2D eigenvalue weighted by atomic mass is 19.1. The van der Waals surface area contributed by atoms with E-state index in [-0.39, 0.29) is 11.1 Å². The van der Waals surface area contributed by atoms with Crippen LogP contribution in [0.15, 0.2) is 48.5 Å². The number of rotatable bonds is 4. The molecule has 4 nitrogen and oxygen atoms in total. The average Bonchev–Trinajstić information content (AvgIpc) is 2.47. The lowest BCUT2D eigenvalue weighted by molar-refractivity contribution is 0.0631. The zero-order valence-corrected chi connectivity index (χ0v) is 10.6. The van der Waals surface area contributed by atoms with Crippen LogP contribution in [0.1, 0.15) is 20.7 Å². The van der Waals surface area contributed by atoms with Crippen LogP contribution >= 0.6 is 0 Å². The van der Waals surface area contributed by atoms with Gasteiger partial charge >= 0.3 is 19.6 Å². The predicted octanol–water partition coefficient (Wildman–Crippen LogP) is 2.51. The fraction of sp³-hybridized carbons (Fsp3) is 0. The molecule has 0 atom stereocenters. The summed E-state index contributed by atoms with van der Waals surface area (Å²) in [5, 5.41) is 0. The third-order valence-corrected chi connectivity index (χ3v) is 2.43. The minimum atomic E-state index is -0.887. The number of benzene rings is 2. The Kier molecular flexibility index (Phi) is 4.66. The lowest BCUT2D eigenvalue weighted by Crippen LogP contribution is -2.16. The normalized spacial score (nSPS) is 9.81. The number of hydrogen-bond acceptors (Lipinski definition) is 4. The highest BCUT2D eigenvalue weighted by molar-refractivity contribution is 6.28. The lowest BCUT2D eigenvalue weighted by atomic mass is 10.2. The zero-order chi connectivity index (χ0) is 15.2. The Morgan fingerprint density at radius 2 is 1.24 bits per heavy atom. The van der Waals surface area contributed by atoms with Crippen LogP contribution in [0.5, 0.6) is 0 Å². The first-order valence-corrected chi connectivity index (χ1v) is 5.81. The summed E-state index contributed by atoms with van der Waals surface area (Å²) in [5.74, 6) is -2.97. The van der Waals surface area contributed by atoms with Gasteiger partial charge in [-0.25, -0.2) is 18.4 Å². The second-order valence-electron chi connectivity index (χ2n) is 3.93. The van der Waals surface area contributed by atoms with Crippen LogP contribution in [-0.4, -0.2) is 19.6 Å². The van der Waals surface area contributed by atoms with Crippen molar-refractivity contribution in [3.63, 3.8) is 0 Å². The van der Waals surface area contributed by atoms with E-state index in [1.54, 1.807) is 0 Å². The fourth-order valence-electron chi connectivity index (χ4n) is 1.48. The lowest BCUT2D eigenvalue weighted by Gasteiger charge is -2.04. The molecule has 0 amide bonds. The number of halogens is 2. The summed E-state index contributed by atoms with van der Waals surface area (Å²) in [6.07, 6.45) is 0. The summed E-state index contributed by atoms with van der Waals surface area (Å²) in [4.78, 5) is 23.0. The molecule has 2 aromatic rings. The summed E-state index contributed by atoms with van der Waals surface area (Å²) in [5.41, 5.74) is -0.0684.